The van der Waals surface area contributed by atoms with Crippen molar-refractivity contribution in [2.24, 2.45) is 0 Å². The molecule has 0 saturated heterocycles. The van der Waals surface area contributed by atoms with Gasteiger partial charge in [0.1, 0.15) is 11.9 Å². The van der Waals surface area contributed by atoms with E-state index in [1.165, 1.54) is 0 Å². The molecule has 0 aliphatic heterocycles. The van der Waals surface area contributed by atoms with Crippen LogP contribution in [0.1, 0.15) is 41.3 Å². The molecule has 4 aromatic rings. The summed E-state index contributed by atoms with van der Waals surface area (Å²) in [6.45, 7) is 4.55. The first-order valence-electron chi connectivity index (χ1n) is 11.4. The number of hydrogen-bond acceptors (Lipinski definition) is 6. The average molecular weight is 463 g/mol. The monoisotopic (exact) mass is 462 g/mol. The average Bonchev–Trinajstić information content (AvgIpc) is 2.90. The SMILES string of the molecule is Cc1ccc(-c2ccc(NC(=O)[C@@H](NC[C@@H](C)c3ccc(C#N)cc3)c3ccccc3)nc2)nn1. The summed E-state index contributed by atoms with van der Waals surface area (Å²) in [4.78, 5) is 17.7. The molecule has 0 spiro atoms. The summed E-state index contributed by atoms with van der Waals surface area (Å²) in [7, 11) is 0. The maximum atomic E-state index is 13.3. The summed E-state index contributed by atoms with van der Waals surface area (Å²) >= 11 is 0. The van der Waals surface area contributed by atoms with Gasteiger partial charge in [0.15, 0.2) is 0 Å². The Hall–Kier alpha value is -4.41. The Morgan fingerprint density at radius 3 is 2.34 bits per heavy atom. The lowest BCUT2D eigenvalue weighted by molar-refractivity contribution is -0.118. The molecule has 0 unspecified atom stereocenters. The molecule has 0 saturated carbocycles. The van der Waals surface area contributed by atoms with Crippen molar-refractivity contribution in [3.05, 3.63) is 107 Å². The molecule has 0 aliphatic rings. The number of benzene rings is 2. The van der Waals surface area contributed by atoms with Crippen molar-refractivity contribution in [1.29, 1.82) is 5.26 Å². The minimum Gasteiger partial charge on any atom is -0.309 e. The van der Waals surface area contributed by atoms with Gasteiger partial charge >= 0.3 is 0 Å². The number of anilines is 1. The second-order valence-electron chi connectivity index (χ2n) is 8.37. The summed E-state index contributed by atoms with van der Waals surface area (Å²) in [5, 5.41) is 23.6. The molecule has 1 amide bonds. The third-order valence-electron chi connectivity index (χ3n) is 5.74. The van der Waals surface area contributed by atoms with E-state index in [1.54, 1.807) is 12.3 Å². The fourth-order valence-corrected chi connectivity index (χ4v) is 3.68. The summed E-state index contributed by atoms with van der Waals surface area (Å²) in [5.41, 5.74) is 4.98. The first-order valence-corrected chi connectivity index (χ1v) is 11.4. The van der Waals surface area contributed by atoms with Crippen molar-refractivity contribution in [1.82, 2.24) is 20.5 Å². The van der Waals surface area contributed by atoms with Crippen LogP contribution in [0.2, 0.25) is 0 Å². The number of aromatic nitrogens is 3. The molecule has 0 bridgehead atoms. The fourth-order valence-electron chi connectivity index (χ4n) is 3.68. The molecule has 2 N–H and O–H groups in total. The van der Waals surface area contributed by atoms with Crippen LogP contribution in [-0.2, 0) is 4.79 Å². The third kappa shape index (κ3) is 6.14. The van der Waals surface area contributed by atoms with Gasteiger partial charge in [-0.25, -0.2) is 4.98 Å². The predicted molar refractivity (Wildman–Crippen MR) is 135 cm³/mol. The lowest BCUT2D eigenvalue weighted by atomic mass is 9.98. The zero-order valence-electron chi connectivity index (χ0n) is 19.6. The molecule has 7 heteroatoms. The smallest absolute Gasteiger partial charge is 0.247 e. The topological polar surface area (TPSA) is 104 Å². The van der Waals surface area contributed by atoms with Crippen LogP contribution in [0.25, 0.3) is 11.3 Å². The lowest BCUT2D eigenvalue weighted by Gasteiger charge is -2.21. The van der Waals surface area contributed by atoms with Gasteiger partial charge < -0.3 is 10.6 Å². The molecule has 7 nitrogen and oxygen atoms in total. The number of nitrogens with zero attached hydrogens (tertiary/aromatic N) is 4. The molecule has 4 rings (SSSR count). The van der Waals surface area contributed by atoms with Gasteiger partial charge in [0.05, 0.1) is 23.0 Å². The number of rotatable bonds is 8. The first-order chi connectivity index (χ1) is 17.0. The minimum atomic E-state index is -0.554. The number of nitriles is 1. The van der Waals surface area contributed by atoms with Crippen LogP contribution in [0.3, 0.4) is 0 Å². The second-order valence-corrected chi connectivity index (χ2v) is 8.37. The molecule has 2 heterocycles. The van der Waals surface area contributed by atoms with E-state index in [1.807, 2.05) is 79.7 Å². The number of carbonyl (C=O) groups is 1. The summed E-state index contributed by atoms with van der Waals surface area (Å²) in [6.07, 6.45) is 1.67. The van der Waals surface area contributed by atoms with Gasteiger partial charge in [0.2, 0.25) is 5.91 Å². The van der Waals surface area contributed by atoms with Gasteiger partial charge in [-0.2, -0.15) is 15.5 Å². The number of aryl methyl sites for hydroxylation is 1. The Balaban J connectivity index is 1.46. The zero-order valence-corrected chi connectivity index (χ0v) is 19.6. The number of amides is 1. The molecule has 0 fully saturated rings. The van der Waals surface area contributed by atoms with Crippen molar-refractivity contribution >= 4 is 11.7 Å². The van der Waals surface area contributed by atoms with Crippen LogP contribution >= 0.6 is 0 Å². The van der Waals surface area contributed by atoms with Crippen LogP contribution in [-0.4, -0.2) is 27.6 Å². The minimum absolute atomic E-state index is 0.148. The van der Waals surface area contributed by atoms with Crippen molar-refractivity contribution in [3.63, 3.8) is 0 Å². The van der Waals surface area contributed by atoms with Crippen LogP contribution in [0.4, 0.5) is 5.82 Å². The Morgan fingerprint density at radius 1 is 0.943 bits per heavy atom. The van der Waals surface area contributed by atoms with Crippen molar-refractivity contribution < 1.29 is 4.79 Å². The highest BCUT2D eigenvalue weighted by Gasteiger charge is 2.21. The number of pyridine rings is 1. The highest BCUT2D eigenvalue weighted by molar-refractivity contribution is 5.94. The molecule has 0 radical (unpaired) electrons. The van der Waals surface area contributed by atoms with E-state index in [4.69, 9.17) is 5.26 Å². The van der Waals surface area contributed by atoms with Crippen molar-refractivity contribution in [2.45, 2.75) is 25.8 Å². The van der Waals surface area contributed by atoms with Gasteiger partial charge in [-0.1, -0.05) is 49.4 Å². The second kappa shape index (κ2) is 11.1. The Morgan fingerprint density at radius 2 is 1.71 bits per heavy atom. The van der Waals surface area contributed by atoms with Crippen LogP contribution < -0.4 is 10.6 Å². The molecule has 2 aromatic carbocycles. The van der Waals surface area contributed by atoms with Crippen LogP contribution in [0.5, 0.6) is 0 Å². The summed E-state index contributed by atoms with van der Waals surface area (Å²) in [5.74, 6) is 0.412. The summed E-state index contributed by atoms with van der Waals surface area (Å²) < 4.78 is 0. The van der Waals surface area contributed by atoms with E-state index in [-0.39, 0.29) is 11.8 Å². The Bertz CT molecular complexity index is 1300. The molecular weight excluding hydrogens is 436 g/mol. The predicted octanol–water partition coefficient (Wildman–Crippen LogP) is 4.79. The largest absolute Gasteiger partial charge is 0.309 e. The van der Waals surface area contributed by atoms with E-state index >= 15 is 0 Å². The fraction of sp³-hybridized carbons (Fsp3) is 0.179. The van der Waals surface area contributed by atoms with E-state index < -0.39 is 6.04 Å². The van der Waals surface area contributed by atoms with Gasteiger partial charge in [0, 0.05) is 18.3 Å². The maximum absolute atomic E-state index is 13.3. The normalized spacial score (nSPS) is 12.4. The number of hydrogen-bond donors (Lipinski definition) is 2. The van der Waals surface area contributed by atoms with E-state index in [0.717, 1.165) is 28.1 Å². The molecule has 0 aliphatic carbocycles. The molecule has 2 aromatic heterocycles. The third-order valence-corrected chi connectivity index (χ3v) is 5.74. The molecule has 35 heavy (non-hydrogen) atoms. The van der Waals surface area contributed by atoms with Gasteiger partial charge in [-0.15, -0.1) is 0 Å². The van der Waals surface area contributed by atoms with Crippen LogP contribution in [0, 0.1) is 18.3 Å². The lowest BCUT2D eigenvalue weighted by Crippen LogP contribution is -2.35. The highest BCUT2D eigenvalue weighted by atomic mass is 16.2. The summed E-state index contributed by atoms with van der Waals surface area (Å²) in [6, 6.07) is 26.1. The first kappa shape index (κ1) is 23.7. The Labute approximate surface area is 204 Å². The standard InChI is InChI=1S/C28H26N6O/c1-19(22-11-9-21(16-29)10-12-22)17-31-27(23-6-4-3-5-7-23)28(35)32-26-15-13-24(18-30-26)25-14-8-20(2)33-34-25/h3-15,18-19,27,31H,17H2,1-2H3,(H,30,32,35)/t19-,27+/m1/s1. The molecular formula is C28H26N6O. The van der Waals surface area contributed by atoms with E-state index in [2.05, 4.69) is 38.8 Å². The van der Waals surface area contributed by atoms with Gasteiger partial charge in [0.25, 0.3) is 0 Å². The number of nitrogens with one attached hydrogen (secondary N) is 2. The number of carbonyl (C=O) groups excluding carboxylic acids is 1. The van der Waals surface area contributed by atoms with Gasteiger partial charge in [-0.3, -0.25) is 4.79 Å². The van der Waals surface area contributed by atoms with Crippen LogP contribution in [0.15, 0.2) is 85.1 Å². The molecule has 174 valence electrons. The maximum Gasteiger partial charge on any atom is 0.247 e. The zero-order chi connectivity index (χ0) is 24.6. The van der Waals surface area contributed by atoms with E-state index in [9.17, 15) is 4.79 Å². The quantitative estimate of drug-likeness (QED) is 0.390. The van der Waals surface area contributed by atoms with Crippen molar-refractivity contribution in [3.8, 4) is 17.3 Å². The van der Waals surface area contributed by atoms with Gasteiger partial charge in [-0.05, 0) is 60.4 Å². The van der Waals surface area contributed by atoms with Crippen molar-refractivity contribution in [2.75, 3.05) is 11.9 Å². The molecule has 2 atom stereocenters. The highest BCUT2D eigenvalue weighted by Crippen LogP contribution is 2.21. The Kier molecular flexibility index (Phi) is 7.56. The van der Waals surface area contributed by atoms with E-state index in [0.29, 0.717) is 17.9 Å².